The van der Waals surface area contributed by atoms with Gasteiger partial charge < -0.3 is 0 Å². The van der Waals surface area contributed by atoms with E-state index in [1.54, 1.807) is 16.2 Å². The lowest BCUT2D eigenvalue weighted by atomic mass is 10.1. The van der Waals surface area contributed by atoms with Gasteiger partial charge in [0, 0.05) is 7.05 Å². The third kappa shape index (κ3) is 2.38. The van der Waals surface area contributed by atoms with Gasteiger partial charge in [0.15, 0.2) is 0 Å². The number of imidazole rings is 1. The van der Waals surface area contributed by atoms with Gasteiger partial charge in [-0.1, -0.05) is 36.4 Å². The first-order chi connectivity index (χ1) is 10.2. The van der Waals surface area contributed by atoms with Gasteiger partial charge >= 0.3 is 5.69 Å². The predicted molar refractivity (Wildman–Crippen MR) is 81.6 cm³/mol. The first-order valence-corrected chi connectivity index (χ1v) is 6.76. The summed E-state index contributed by atoms with van der Waals surface area (Å²) >= 11 is 0. The molecule has 0 aliphatic heterocycles. The fourth-order valence-corrected chi connectivity index (χ4v) is 2.54. The summed E-state index contributed by atoms with van der Waals surface area (Å²) in [6, 6.07) is 15.6. The molecule has 3 rings (SSSR count). The van der Waals surface area contributed by atoms with E-state index in [4.69, 9.17) is 5.53 Å². The zero-order valence-electron chi connectivity index (χ0n) is 11.8. The smallest absolute Gasteiger partial charge is 0.295 e. The minimum absolute atomic E-state index is 0.0126. The maximum absolute atomic E-state index is 12.3. The van der Waals surface area contributed by atoms with Crippen LogP contribution in [0.25, 0.3) is 11.0 Å². The van der Waals surface area contributed by atoms with E-state index in [0.29, 0.717) is 13.1 Å². The molecule has 0 bridgehead atoms. The molecule has 0 unspecified atom stereocenters. The largest absolute Gasteiger partial charge is 0.329 e. The third-order valence-electron chi connectivity index (χ3n) is 3.68. The summed E-state index contributed by atoms with van der Waals surface area (Å²) < 4.78 is 3.45. The lowest BCUT2D eigenvalue weighted by molar-refractivity contribution is 0.735. The highest BCUT2D eigenvalue weighted by atomic mass is 16.1. The van der Waals surface area contributed by atoms with Crippen molar-refractivity contribution in [2.45, 2.75) is 13.1 Å². The van der Waals surface area contributed by atoms with Gasteiger partial charge in [0.25, 0.3) is 0 Å². The Bertz CT molecular complexity index is 843. The molecule has 0 saturated heterocycles. The average molecular weight is 280 g/mol. The van der Waals surface area contributed by atoms with Crippen LogP contribution in [0.4, 0.5) is 0 Å². The highest BCUT2D eigenvalue weighted by Gasteiger charge is 2.10. The molecule has 0 amide bonds. The highest BCUT2D eigenvalue weighted by Crippen LogP contribution is 2.14. The summed E-state index contributed by atoms with van der Waals surface area (Å²) in [6.07, 6.45) is 0. The summed E-state index contributed by atoms with van der Waals surface area (Å²) in [6.45, 7) is 0.937. The second-order valence-electron chi connectivity index (χ2n) is 5.05. The average Bonchev–Trinajstić information content (AvgIpc) is 2.75. The minimum atomic E-state index is -0.0126. The molecule has 0 aliphatic rings. The van der Waals surface area contributed by atoms with E-state index in [1.807, 2.05) is 48.5 Å². The van der Waals surface area contributed by atoms with Crippen molar-refractivity contribution in [3.05, 3.63) is 70.1 Å². The van der Waals surface area contributed by atoms with Crippen molar-refractivity contribution in [2.24, 2.45) is 12.2 Å². The number of hydrogen-bond acceptors (Lipinski definition) is 3. The molecule has 21 heavy (non-hydrogen) atoms. The minimum Gasteiger partial charge on any atom is -0.295 e. The van der Waals surface area contributed by atoms with Crippen LogP contribution in [0.3, 0.4) is 0 Å². The van der Waals surface area contributed by atoms with Crippen LogP contribution in [0.2, 0.25) is 0 Å². The summed E-state index contributed by atoms with van der Waals surface area (Å²) in [7, 11) is 1.79. The Hall–Kier alpha value is -2.69. The molecule has 2 aromatic carbocycles. The molecule has 5 nitrogen and oxygen atoms in total. The Labute approximate surface area is 122 Å². The topological polar surface area (TPSA) is 63.1 Å². The van der Waals surface area contributed by atoms with Crippen LogP contribution in [-0.2, 0) is 20.1 Å². The quantitative estimate of drug-likeness (QED) is 0.734. The molecule has 0 aliphatic carbocycles. The number of fused-ring (bicyclic) bond motifs is 1. The van der Waals surface area contributed by atoms with Crippen molar-refractivity contribution >= 4 is 11.0 Å². The summed E-state index contributed by atoms with van der Waals surface area (Å²) in [5.41, 5.74) is 10.8. The van der Waals surface area contributed by atoms with Crippen molar-refractivity contribution in [1.82, 2.24) is 9.13 Å². The van der Waals surface area contributed by atoms with Crippen LogP contribution in [0, 0.1) is 5.53 Å². The number of aromatic nitrogens is 2. The first-order valence-electron chi connectivity index (χ1n) is 6.76. The molecule has 1 N–H and O–H groups in total. The Kier molecular flexibility index (Phi) is 3.39. The van der Waals surface area contributed by atoms with E-state index in [0.717, 1.165) is 22.2 Å². The van der Waals surface area contributed by atoms with Crippen molar-refractivity contribution in [3.63, 3.8) is 0 Å². The molecule has 0 atom stereocenters. The number of rotatable bonds is 4. The predicted octanol–water partition coefficient (Wildman–Crippen LogP) is 2.92. The molecular formula is C16H16N4O. The van der Waals surface area contributed by atoms with Gasteiger partial charge in [-0.2, -0.15) is 5.11 Å². The van der Waals surface area contributed by atoms with Crippen LogP contribution in [0.1, 0.15) is 11.1 Å². The molecule has 0 radical (unpaired) electrons. The van der Waals surface area contributed by atoms with Crippen molar-refractivity contribution < 1.29 is 0 Å². The number of nitrogens with zero attached hydrogens (tertiary/aromatic N) is 3. The Morgan fingerprint density at radius 3 is 2.29 bits per heavy atom. The Morgan fingerprint density at radius 1 is 1.00 bits per heavy atom. The van der Waals surface area contributed by atoms with Gasteiger partial charge in [0.1, 0.15) is 0 Å². The van der Waals surface area contributed by atoms with Gasteiger partial charge in [0.05, 0.1) is 24.1 Å². The molecule has 5 heteroatoms. The number of para-hydroxylation sites is 2. The normalized spacial score (nSPS) is 10.9. The summed E-state index contributed by atoms with van der Waals surface area (Å²) in [4.78, 5) is 12.3. The van der Waals surface area contributed by atoms with Crippen LogP contribution in [0.5, 0.6) is 0 Å². The van der Waals surface area contributed by atoms with Gasteiger partial charge in [-0.05, 0) is 23.3 Å². The zero-order chi connectivity index (χ0) is 14.8. The number of nitrogens with one attached hydrogen (secondary N) is 1. The Balaban J connectivity index is 2.00. The molecule has 3 aromatic rings. The van der Waals surface area contributed by atoms with Gasteiger partial charge in [-0.3, -0.25) is 9.13 Å². The standard InChI is InChI=1S/C16H16N4O/c1-19-14-4-2-3-5-15(14)20(16(19)21)11-13-8-6-12(7-9-13)10-18-17/h2-9,17H,10-11H2,1H3. The Morgan fingerprint density at radius 2 is 1.62 bits per heavy atom. The van der Waals surface area contributed by atoms with Crippen LogP contribution < -0.4 is 5.69 Å². The van der Waals surface area contributed by atoms with E-state index >= 15 is 0 Å². The van der Waals surface area contributed by atoms with E-state index < -0.39 is 0 Å². The van der Waals surface area contributed by atoms with Gasteiger partial charge in [-0.15, -0.1) is 0 Å². The molecular weight excluding hydrogens is 264 g/mol. The molecule has 1 heterocycles. The van der Waals surface area contributed by atoms with Crippen molar-refractivity contribution in [2.75, 3.05) is 0 Å². The zero-order valence-corrected chi connectivity index (χ0v) is 11.8. The van der Waals surface area contributed by atoms with Crippen LogP contribution in [-0.4, -0.2) is 9.13 Å². The third-order valence-corrected chi connectivity index (χ3v) is 3.68. The van der Waals surface area contributed by atoms with Gasteiger partial charge in [0.2, 0.25) is 0 Å². The van der Waals surface area contributed by atoms with Crippen LogP contribution in [0.15, 0.2) is 58.4 Å². The molecule has 0 spiro atoms. The summed E-state index contributed by atoms with van der Waals surface area (Å²) in [5.74, 6) is 0. The van der Waals surface area contributed by atoms with Gasteiger partial charge in [-0.25, -0.2) is 10.3 Å². The lowest BCUT2D eigenvalue weighted by Crippen LogP contribution is -2.22. The summed E-state index contributed by atoms with van der Waals surface area (Å²) in [5, 5.41) is 3.37. The lowest BCUT2D eigenvalue weighted by Gasteiger charge is -2.04. The number of aryl methyl sites for hydroxylation is 1. The van der Waals surface area contributed by atoms with Crippen molar-refractivity contribution in [3.8, 4) is 0 Å². The van der Waals surface area contributed by atoms with E-state index in [1.165, 1.54) is 0 Å². The second kappa shape index (κ2) is 5.36. The van der Waals surface area contributed by atoms with E-state index in [2.05, 4.69) is 5.11 Å². The maximum Gasteiger partial charge on any atom is 0.329 e. The van der Waals surface area contributed by atoms with Crippen LogP contribution >= 0.6 is 0 Å². The fourth-order valence-electron chi connectivity index (χ4n) is 2.54. The highest BCUT2D eigenvalue weighted by molar-refractivity contribution is 5.75. The maximum atomic E-state index is 12.3. The molecule has 0 fully saturated rings. The number of benzene rings is 2. The second-order valence-corrected chi connectivity index (χ2v) is 5.05. The molecule has 0 saturated carbocycles. The van der Waals surface area contributed by atoms with E-state index in [-0.39, 0.29) is 5.69 Å². The fraction of sp³-hybridized carbons (Fsp3) is 0.188. The number of hydrogen-bond donors (Lipinski definition) is 1. The molecule has 106 valence electrons. The monoisotopic (exact) mass is 280 g/mol. The van der Waals surface area contributed by atoms with Crippen molar-refractivity contribution in [1.29, 1.82) is 5.53 Å². The van der Waals surface area contributed by atoms with E-state index in [9.17, 15) is 4.79 Å². The molecule has 1 aromatic heterocycles. The first kappa shape index (κ1) is 13.3. The SMILES string of the molecule is Cn1c(=O)n(Cc2ccc(CN=N)cc2)c2ccccc21.